The van der Waals surface area contributed by atoms with Crippen LogP contribution in [-0.2, 0) is 19.6 Å². The molecule has 0 spiro atoms. The van der Waals surface area contributed by atoms with Crippen molar-refractivity contribution in [1.82, 2.24) is 9.62 Å². The summed E-state index contributed by atoms with van der Waals surface area (Å²) in [5.74, 6) is -2.25. The van der Waals surface area contributed by atoms with Gasteiger partial charge in [-0.05, 0) is 24.6 Å². The maximum atomic E-state index is 12.8. The Kier molecular flexibility index (Phi) is 6.15. The molecule has 0 aromatic heterocycles. The van der Waals surface area contributed by atoms with Crippen LogP contribution in [0, 0.1) is 12.8 Å². The lowest BCUT2D eigenvalue weighted by Gasteiger charge is -2.26. The first-order valence-electron chi connectivity index (χ1n) is 7.93. The molecule has 1 atom stereocenters. The molecule has 8 nitrogen and oxygen atoms in total. The van der Waals surface area contributed by atoms with E-state index in [4.69, 9.17) is 9.84 Å². The molecule has 1 fully saturated rings. The molecular weight excluding hydrogens is 348 g/mol. The van der Waals surface area contributed by atoms with Gasteiger partial charge in [-0.15, -0.1) is 0 Å². The quantitative estimate of drug-likeness (QED) is 0.752. The summed E-state index contributed by atoms with van der Waals surface area (Å²) in [7, 11) is -3.71. The molecule has 1 aromatic rings. The van der Waals surface area contributed by atoms with Crippen molar-refractivity contribution < 1.29 is 27.9 Å². The van der Waals surface area contributed by atoms with Gasteiger partial charge in [0.15, 0.2) is 0 Å². The van der Waals surface area contributed by atoms with Crippen molar-refractivity contribution >= 4 is 21.9 Å². The highest BCUT2D eigenvalue weighted by atomic mass is 32.2. The summed E-state index contributed by atoms with van der Waals surface area (Å²) in [6.07, 6.45) is 0. The maximum absolute atomic E-state index is 12.8. The normalized spacial score (nSPS) is 17.0. The Balaban J connectivity index is 2.22. The third kappa shape index (κ3) is 4.56. The lowest BCUT2D eigenvalue weighted by Crippen LogP contribution is -2.41. The first kappa shape index (κ1) is 19.4. The van der Waals surface area contributed by atoms with E-state index in [1.54, 1.807) is 13.0 Å². The molecule has 0 aliphatic carbocycles. The monoisotopic (exact) mass is 370 g/mol. The van der Waals surface area contributed by atoms with Gasteiger partial charge in [0.05, 0.1) is 24.0 Å². The van der Waals surface area contributed by atoms with Gasteiger partial charge in [-0.3, -0.25) is 9.59 Å². The van der Waals surface area contributed by atoms with Crippen molar-refractivity contribution in [2.24, 2.45) is 5.92 Å². The van der Waals surface area contributed by atoms with Gasteiger partial charge >= 0.3 is 5.97 Å². The van der Waals surface area contributed by atoms with E-state index < -0.39 is 27.8 Å². The first-order valence-corrected chi connectivity index (χ1v) is 9.37. The van der Waals surface area contributed by atoms with Crippen LogP contribution >= 0.6 is 0 Å². The molecule has 9 heteroatoms. The van der Waals surface area contributed by atoms with E-state index in [1.807, 2.05) is 0 Å². The van der Waals surface area contributed by atoms with Gasteiger partial charge in [-0.1, -0.05) is 13.0 Å². The summed E-state index contributed by atoms with van der Waals surface area (Å²) in [6, 6.07) is 4.43. The lowest BCUT2D eigenvalue weighted by atomic mass is 10.1. The van der Waals surface area contributed by atoms with E-state index in [2.05, 4.69) is 5.32 Å². The number of rotatable bonds is 6. The van der Waals surface area contributed by atoms with Gasteiger partial charge in [0.25, 0.3) is 5.91 Å². The molecule has 2 N–H and O–H groups in total. The van der Waals surface area contributed by atoms with Gasteiger partial charge in [-0.2, -0.15) is 4.31 Å². The molecule has 1 saturated heterocycles. The van der Waals surface area contributed by atoms with E-state index >= 15 is 0 Å². The van der Waals surface area contributed by atoms with Gasteiger partial charge in [0, 0.05) is 25.2 Å². The summed E-state index contributed by atoms with van der Waals surface area (Å²) in [5.41, 5.74) is 0.719. The number of hydrogen-bond acceptors (Lipinski definition) is 5. The summed E-state index contributed by atoms with van der Waals surface area (Å²) in [5, 5.41) is 11.4. The van der Waals surface area contributed by atoms with Crippen molar-refractivity contribution in [3.05, 3.63) is 29.3 Å². The summed E-state index contributed by atoms with van der Waals surface area (Å²) < 4.78 is 32.1. The highest BCUT2D eigenvalue weighted by molar-refractivity contribution is 7.89. The minimum absolute atomic E-state index is 0.0341. The third-order valence-corrected chi connectivity index (χ3v) is 6.07. The average Bonchev–Trinajstić information content (AvgIpc) is 2.60. The fraction of sp³-hybridized carbons (Fsp3) is 0.500. The van der Waals surface area contributed by atoms with Gasteiger partial charge in [-0.25, -0.2) is 8.42 Å². The van der Waals surface area contributed by atoms with Crippen LogP contribution < -0.4 is 5.32 Å². The van der Waals surface area contributed by atoms with Crippen LogP contribution in [0.5, 0.6) is 0 Å². The van der Waals surface area contributed by atoms with Crippen molar-refractivity contribution in [2.45, 2.75) is 18.7 Å². The number of carboxylic acid groups (broad SMARTS) is 1. The molecule has 1 aromatic carbocycles. The number of ether oxygens (including phenoxy) is 1. The van der Waals surface area contributed by atoms with Crippen LogP contribution in [0.2, 0.25) is 0 Å². The molecule has 1 heterocycles. The number of hydrogen-bond donors (Lipinski definition) is 2. The molecule has 138 valence electrons. The zero-order valence-electron chi connectivity index (χ0n) is 14.2. The van der Waals surface area contributed by atoms with Crippen molar-refractivity contribution in [3.63, 3.8) is 0 Å². The highest BCUT2D eigenvalue weighted by Crippen LogP contribution is 2.22. The number of nitrogens with one attached hydrogen (secondary N) is 1. The molecule has 0 saturated carbocycles. The number of carbonyl (C=O) groups excluding carboxylic acids is 1. The third-order valence-electron chi connectivity index (χ3n) is 4.03. The molecular formula is C16H22N2O6S. The van der Waals surface area contributed by atoms with Crippen molar-refractivity contribution in [3.8, 4) is 0 Å². The molecule has 1 unspecified atom stereocenters. The van der Waals surface area contributed by atoms with Crippen molar-refractivity contribution in [2.75, 3.05) is 32.8 Å². The lowest BCUT2D eigenvalue weighted by molar-refractivity contribution is -0.140. The molecule has 1 aliphatic heterocycles. The Morgan fingerprint density at radius 3 is 2.56 bits per heavy atom. The number of nitrogens with zero attached hydrogens (tertiary/aromatic N) is 1. The van der Waals surface area contributed by atoms with Crippen LogP contribution in [-0.4, -0.2) is 62.6 Å². The van der Waals surface area contributed by atoms with Gasteiger partial charge < -0.3 is 15.2 Å². The van der Waals surface area contributed by atoms with Gasteiger partial charge in [0.2, 0.25) is 10.0 Å². The fourth-order valence-corrected chi connectivity index (χ4v) is 4.04. The second-order valence-corrected chi connectivity index (χ2v) is 7.85. The van der Waals surface area contributed by atoms with E-state index in [0.29, 0.717) is 18.8 Å². The van der Waals surface area contributed by atoms with E-state index in [0.717, 1.165) is 0 Å². The van der Waals surface area contributed by atoms with E-state index in [-0.39, 0.29) is 30.1 Å². The highest BCUT2D eigenvalue weighted by Gasteiger charge is 2.28. The van der Waals surface area contributed by atoms with Crippen LogP contribution in [0.4, 0.5) is 0 Å². The molecule has 0 radical (unpaired) electrons. The Hall–Kier alpha value is -1.97. The van der Waals surface area contributed by atoms with Crippen LogP contribution in [0.3, 0.4) is 0 Å². The predicted octanol–water partition coefficient (Wildman–Crippen LogP) is 0.466. The Bertz CT molecular complexity index is 756. The smallest absolute Gasteiger partial charge is 0.308 e. The number of aryl methyl sites for hydroxylation is 1. The molecule has 1 aliphatic rings. The largest absolute Gasteiger partial charge is 0.481 e. The van der Waals surface area contributed by atoms with Crippen LogP contribution in [0.1, 0.15) is 22.8 Å². The number of benzene rings is 1. The Morgan fingerprint density at radius 2 is 1.96 bits per heavy atom. The minimum atomic E-state index is -3.71. The fourth-order valence-electron chi connectivity index (χ4n) is 2.38. The SMILES string of the molecule is Cc1ccc(C(=O)NCC(C)C(=O)O)cc1S(=O)(=O)N1CCOCC1. The minimum Gasteiger partial charge on any atom is -0.481 e. The van der Waals surface area contributed by atoms with Crippen LogP contribution in [0.15, 0.2) is 23.1 Å². The second kappa shape index (κ2) is 7.94. The number of amides is 1. The topological polar surface area (TPSA) is 113 Å². The number of morpholine rings is 1. The molecule has 0 bridgehead atoms. The first-order chi connectivity index (χ1) is 11.7. The zero-order chi connectivity index (χ0) is 18.6. The molecule has 1 amide bonds. The summed E-state index contributed by atoms with van der Waals surface area (Å²) in [4.78, 5) is 23.1. The molecule has 2 rings (SSSR count). The van der Waals surface area contributed by atoms with Crippen molar-refractivity contribution in [1.29, 1.82) is 0 Å². The maximum Gasteiger partial charge on any atom is 0.308 e. The Morgan fingerprint density at radius 1 is 1.32 bits per heavy atom. The summed E-state index contributed by atoms with van der Waals surface area (Å²) in [6.45, 7) is 4.33. The molecule has 25 heavy (non-hydrogen) atoms. The Labute approximate surface area is 146 Å². The number of carboxylic acids is 1. The number of aliphatic carboxylic acids is 1. The standard InChI is InChI=1S/C16H22N2O6S/c1-11-3-4-13(15(19)17-10-12(2)16(20)21)9-14(11)25(22,23)18-5-7-24-8-6-18/h3-4,9,12H,5-8,10H2,1-2H3,(H,17,19)(H,20,21). The average molecular weight is 370 g/mol. The predicted molar refractivity (Wildman–Crippen MR) is 89.9 cm³/mol. The van der Waals surface area contributed by atoms with E-state index in [1.165, 1.54) is 23.4 Å². The van der Waals surface area contributed by atoms with E-state index in [9.17, 15) is 18.0 Å². The number of sulfonamides is 1. The zero-order valence-corrected chi connectivity index (χ0v) is 15.0. The van der Waals surface area contributed by atoms with Crippen LogP contribution in [0.25, 0.3) is 0 Å². The summed E-state index contributed by atoms with van der Waals surface area (Å²) >= 11 is 0. The van der Waals surface area contributed by atoms with Gasteiger partial charge in [0.1, 0.15) is 0 Å². The second-order valence-electron chi connectivity index (χ2n) is 5.95. The number of carbonyl (C=O) groups is 2.